The Kier molecular flexibility index (Phi) is 5.85. The topological polar surface area (TPSA) is 101 Å². The van der Waals surface area contributed by atoms with Crippen molar-refractivity contribution in [2.45, 2.75) is 18.2 Å². The minimum Gasteiger partial charge on any atom is -0.478 e. The monoisotopic (exact) mass is 319 g/mol. The van der Waals surface area contributed by atoms with E-state index in [2.05, 4.69) is 4.72 Å². The van der Waals surface area contributed by atoms with Crippen molar-refractivity contribution in [3.63, 3.8) is 0 Å². The largest absolute Gasteiger partial charge is 0.478 e. The Hall–Kier alpha value is -1.25. The van der Waals surface area contributed by atoms with Gasteiger partial charge >= 0.3 is 5.97 Å². The molecule has 0 spiro atoms. The van der Waals surface area contributed by atoms with Crippen molar-refractivity contribution >= 4 is 26.8 Å². The predicted molar refractivity (Wildman–Crippen MR) is 76.9 cm³/mol. The fourth-order valence-electron chi connectivity index (χ4n) is 1.63. The molecule has 0 aromatic heterocycles. The van der Waals surface area contributed by atoms with Crippen LogP contribution in [-0.2, 0) is 27.2 Å². The van der Waals surface area contributed by atoms with Gasteiger partial charge in [-0.15, -0.1) is 0 Å². The number of nitrogens with one attached hydrogen (secondary N) is 1. The Morgan fingerprint density at radius 2 is 2.05 bits per heavy atom. The van der Waals surface area contributed by atoms with Crippen molar-refractivity contribution in [3.05, 3.63) is 29.3 Å². The summed E-state index contributed by atoms with van der Waals surface area (Å²) >= 11 is 0. The predicted octanol–water partition coefficient (Wildman–Crippen LogP) is 0.604. The van der Waals surface area contributed by atoms with E-state index >= 15 is 0 Å². The fourth-order valence-corrected chi connectivity index (χ4v) is 3.51. The summed E-state index contributed by atoms with van der Waals surface area (Å²) in [5.74, 6) is -0.974. The van der Waals surface area contributed by atoms with Crippen molar-refractivity contribution < 1.29 is 22.5 Å². The molecule has 20 heavy (non-hydrogen) atoms. The highest BCUT2D eigenvalue weighted by Crippen LogP contribution is 2.18. The van der Waals surface area contributed by atoms with Crippen molar-refractivity contribution in [2.75, 3.05) is 18.6 Å². The van der Waals surface area contributed by atoms with Crippen LogP contribution in [0.3, 0.4) is 0 Å². The number of sulfonamides is 1. The van der Waals surface area contributed by atoms with Gasteiger partial charge in [-0.2, -0.15) is 0 Å². The molecule has 2 N–H and O–H groups in total. The molecule has 0 heterocycles. The Morgan fingerprint density at radius 1 is 1.40 bits per heavy atom. The number of carboxylic acid groups (broad SMARTS) is 1. The first-order valence-corrected chi connectivity index (χ1v) is 9.15. The van der Waals surface area contributed by atoms with Crippen LogP contribution in [-0.4, -0.2) is 42.3 Å². The van der Waals surface area contributed by atoms with Crippen LogP contribution in [0, 0.1) is 0 Å². The number of carbonyl (C=O) groups is 1. The molecule has 1 aromatic carbocycles. The lowest BCUT2D eigenvalue weighted by molar-refractivity contribution is 0.0696. The first-order chi connectivity index (χ1) is 9.27. The van der Waals surface area contributed by atoms with Gasteiger partial charge in [0.05, 0.1) is 10.5 Å². The van der Waals surface area contributed by atoms with E-state index in [-0.39, 0.29) is 22.8 Å². The van der Waals surface area contributed by atoms with Gasteiger partial charge in [0, 0.05) is 29.4 Å². The third-order valence-corrected chi connectivity index (χ3v) is 4.99. The highest BCUT2D eigenvalue weighted by molar-refractivity contribution is 7.89. The average Bonchev–Trinajstić information content (AvgIpc) is 2.37. The Bertz CT molecular complexity index is 625. The number of aryl methyl sites for hydroxylation is 1. The highest BCUT2D eigenvalue weighted by Gasteiger charge is 2.19. The van der Waals surface area contributed by atoms with Crippen LogP contribution in [0.25, 0.3) is 0 Å². The van der Waals surface area contributed by atoms with E-state index in [9.17, 15) is 17.4 Å². The molecule has 0 saturated heterocycles. The van der Waals surface area contributed by atoms with Crippen molar-refractivity contribution in [2.24, 2.45) is 0 Å². The molecule has 0 fully saturated rings. The smallest absolute Gasteiger partial charge is 0.335 e. The first-order valence-electron chi connectivity index (χ1n) is 5.94. The minimum atomic E-state index is -3.80. The number of carboxylic acids is 1. The van der Waals surface area contributed by atoms with E-state index < -0.39 is 26.8 Å². The SMILES string of the molecule is CCc1ccc(C(=O)O)cc1S(=O)(=O)NCCS(C)=O. The summed E-state index contributed by atoms with van der Waals surface area (Å²) in [6.45, 7) is 1.84. The summed E-state index contributed by atoms with van der Waals surface area (Å²) in [7, 11) is -4.90. The zero-order valence-corrected chi connectivity index (χ0v) is 12.9. The van der Waals surface area contributed by atoms with Gasteiger partial charge in [-0.05, 0) is 24.1 Å². The van der Waals surface area contributed by atoms with Gasteiger partial charge in [-0.3, -0.25) is 4.21 Å². The average molecular weight is 319 g/mol. The lowest BCUT2D eigenvalue weighted by Crippen LogP contribution is -2.28. The lowest BCUT2D eigenvalue weighted by atomic mass is 10.1. The molecular formula is C12H17NO5S2. The van der Waals surface area contributed by atoms with Gasteiger partial charge in [0.1, 0.15) is 0 Å². The molecule has 0 bridgehead atoms. The summed E-state index contributed by atoms with van der Waals surface area (Å²) in [6.07, 6.45) is 1.95. The molecule has 112 valence electrons. The van der Waals surface area contributed by atoms with Crippen molar-refractivity contribution in [3.8, 4) is 0 Å². The second kappa shape index (κ2) is 6.96. The fraction of sp³-hybridized carbons (Fsp3) is 0.417. The van der Waals surface area contributed by atoms with E-state index in [1.54, 1.807) is 6.92 Å². The summed E-state index contributed by atoms with van der Waals surface area (Å²) in [4.78, 5) is 10.9. The van der Waals surface area contributed by atoms with Gasteiger partial charge in [0.15, 0.2) is 0 Å². The molecule has 0 aliphatic rings. The minimum absolute atomic E-state index is 0.0400. The Morgan fingerprint density at radius 3 is 2.55 bits per heavy atom. The zero-order valence-electron chi connectivity index (χ0n) is 11.3. The van der Waals surface area contributed by atoms with Crippen LogP contribution >= 0.6 is 0 Å². The molecule has 1 rings (SSSR count). The van der Waals surface area contributed by atoms with E-state index in [1.165, 1.54) is 18.4 Å². The molecule has 0 saturated carbocycles. The number of benzene rings is 1. The van der Waals surface area contributed by atoms with Crippen LogP contribution in [0.15, 0.2) is 23.1 Å². The van der Waals surface area contributed by atoms with E-state index in [1.807, 2.05) is 0 Å². The van der Waals surface area contributed by atoms with Crippen LogP contribution in [0.4, 0.5) is 0 Å². The van der Waals surface area contributed by atoms with Gasteiger partial charge in [-0.1, -0.05) is 13.0 Å². The van der Waals surface area contributed by atoms with E-state index in [0.717, 1.165) is 6.07 Å². The molecule has 6 nitrogen and oxygen atoms in total. The van der Waals surface area contributed by atoms with Crippen LogP contribution in [0.5, 0.6) is 0 Å². The molecule has 1 atom stereocenters. The van der Waals surface area contributed by atoms with Crippen molar-refractivity contribution in [1.82, 2.24) is 4.72 Å². The second-order valence-electron chi connectivity index (χ2n) is 4.16. The van der Waals surface area contributed by atoms with Gasteiger partial charge in [0.25, 0.3) is 0 Å². The molecule has 0 aliphatic carbocycles. The Labute approximate surface area is 120 Å². The standard InChI is InChI=1S/C12H17NO5S2/c1-3-9-4-5-10(12(14)15)8-11(9)20(17,18)13-6-7-19(2)16/h4-5,8,13H,3,6-7H2,1-2H3,(H,14,15). The molecule has 0 amide bonds. The highest BCUT2D eigenvalue weighted by atomic mass is 32.2. The summed E-state index contributed by atoms with van der Waals surface area (Å²) < 4.78 is 37.6. The number of aromatic carboxylic acids is 1. The molecular weight excluding hydrogens is 302 g/mol. The number of hydrogen-bond donors (Lipinski definition) is 2. The van der Waals surface area contributed by atoms with E-state index in [0.29, 0.717) is 12.0 Å². The third-order valence-electron chi connectivity index (χ3n) is 2.67. The maximum absolute atomic E-state index is 12.2. The number of rotatable bonds is 7. The quantitative estimate of drug-likeness (QED) is 0.766. The van der Waals surface area contributed by atoms with Gasteiger partial charge in [-0.25, -0.2) is 17.9 Å². The molecule has 8 heteroatoms. The molecule has 0 radical (unpaired) electrons. The molecule has 1 aromatic rings. The summed E-state index contributed by atoms with van der Waals surface area (Å²) in [6, 6.07) is 4.02. The maximum Gasteiger partial charge on any atom is 0.335 e. The summed E-state index contributed by atoms with van der Waals surface area (Å²) in [5, 5.41) is 8.93. The van der Waals surface area contributed by atoms with Crippen LogP contribution in [0.2, 0.25) is 0 Å². The van der Waals surface area contributed by atoms with Gasteiger partial charge < -0.3 is 5.11 Å². The molecule has 1 unspecified atom stereocenters. The summed E-state index contributed by atoms with van der Waals surface area (Å²) in [5.41, 5.74) is 0.460. The maximum atomic E-state index is 12.2. The van der Waals surface area contributed by atoms with E-state index in [4.69, 9.17) is 5.11 Å². The zero-order chi connectivity index (χ0) is 15.3. The number of hydrogen-bond acceptors (Lipinski definition) is 4. The Balaban J connectivity index is 3.11. The lowest BCUT2D eigenvalue weighted by Gasteiger charge is -2.11. The first kappa shape index (κ1) is 16.8. The third kappa shape index (κ3) is 4.39. The molecule has 0 aliphatic heterocycles. The van der Waals surface area contributed by atoms with Crippen molar-refractivity contribution in [1.29, 1.82) is 0 Å². The second-order valence-corrected chi connectivity index (χ2v) is 7.45. The van der Waals surface area contributed by atoms with Crippen LogP contribution < -0.4 is 4.72 Å². The van der Waals surface area contributed by atoms with Gasteiger partial charge in [0.2, 0.25) is 10.0 Å². The normalized spacial score (nSPS) is 13.1. The van der Waals surface area contributed by atoms with Crippen LogP contribution in [0.1, 0.15) is 22.8 Å².